The van der Waals surface area contributed by atoms with Crippen LogP contribution >= 0.6 is 0 Å². The molecule has 0 bridgehead atoms. The quantitative estimate of drug-likeness (QED) is 0.560. The number of aliphatic hydroxyl groups is 1. The van der Waals surface area contributed by atoms with Gasteiger partial charge in [0.15, 0.2) is 0 Å². The van der Waals surface area contributed by atoms with E-state index in [4.69, 9.17) is 10.8 Å². The fourth-order valence-corrected chi connectivity index (χ4v) is 1.56. The fourth-order valence-electron chi connectivity index (χ4n) is 1.56. The summed E-state index contributed by atoms with van der Waals surface area (Å²) in [6.07, 6.45) is 4.34. The molecular weight excluding hydrogens is 208 g/mol. The molecule has 0 aliphatic rings. The summed E-state index contributed by atoms with van der Waals surface area (Å²) in [6.45, 7) is 0.916. The smallest absolute Gasteiger partial charge is 0.354 e. The Hall–Kier alpha value is -1.49. The number of nitrogens with two attached hydrogens (primary N) is 1. The second-order valence-electron chi connectivity index (χ2n) is 3.63. The van der Waals surface area contributed by atoms with E-state index in [-0.39, 0.29) is 12.6 Å². The van der Waals surface area contributed by atoms with Crippen LogP contribution in [0.4, 0.5) is 5.69 Å². The first-order valence-electron chi connectivity index (χ1n) is 5.34. The van der Waals surface area contributed by atoms with Crippen LogP contribution in [0, 0.1) is 0 Å². The summed E-state index contributed by atoms with van der Waals surface area (Å²) in [4.78, 5) is 11.4. The van der Waals surface area contributed by atoms with E-state index in [1.54, 1.807) is 16.8 Å². The lowest BCUT2D eigenvalue weighted by Crippen LogP contribution is -2.10. The first-order valence-corrected chi connectivity index (χ1v) is 5.34. The van der Waals surface area contributed by atoms with Crippen LogP contribution in [-0.2, 0) is 11.3 Å². The largest absolute Gasteiger partial charge is 0.464 e. The van der Waals surface area contributed by atoms with Crippen LogP contribution in [-0.4, -0.2) is 29.4 Å². The van der Waals surface area contributed by atoms with Crippen molar-refractivity contribution in [2.75, 3.05) is 19.5 Å². The van der Waals surface area contributed by atoms with E-state index in [0.29, 0.717) is 17.9 Å². The summed E-state index contributed by atoms with van der Waals surface area (Å²) in [6, 6.07) is 1.61. The molecule has 90 valence electrons. The number of hydrogen-bond acceptors (Lipinski definition) is 4. The number of nitrogen functional groups attached to an aromatic ring is 1. The molecule has 5 nitrogen and oxygen atoms in total. The maximum atomic E-state index is 11.4. The van der Waals surface area contributed by atoms with Crippen molar-refractivity contribution in [3.8, 4) is 0 Å². The zero-order chi connectivity index (χ0) is 12.0. The highest BCUT2D eigenvalue weighted by Crippen LogP contribution is 2.13. The van der Waals surface area contributed by atoms with E-state index in [9.17, 15) is 4.79 Å². The van der Waals surface area contributed by atoms with Crippen molar-refractivity contribution in [1.82, 2.24) is 4.57 Å². The fraction of sp³-hybridized carbons (Fsp3) is 0.545. The summed E-state index contributed by atoms with van der Waals surface area (Å²) in [7, 11) is 1.35. The zero-order valence-corrected chi connectivity index (χ0v) is 9.48. The average Bonchev–Trinajstić information content (AvgIpc) is 2.65. The number of nitrogens with zero attached hydrogens (tertiary/aromatic N) is 1. The normalized spacial score (nSPS) is 10.4. The van der Waals surface area contributed by atoms with Gasteiger partial charge in [0, 0.05) is 19.3 Å². The molecule has 5 heteroatoms. The summed E-state index contributed by atoms with van der Waals surface area (Å²) < 4.78 is 6.45. The van der Waals surface area contributed by atoms with Crippen molar-refractivity contribution in [3.63, 3.8) is 0 Å². The SMILES string of the molecule is COC(=O)c1cc(N)cn1CCCCCO. The van der Waals surface area contributed by atoms with E-state index in [1.807, 2.05) is 0 Å². The zero-order valence-electron chi connectivity index (χ0n) is 9.48. The third-order valence-electron chi connectivity index (χ3n) is 2.37. The molecule has 0 unspecified atom stereocenters. The molecule has 1 heterocycles. The first-order chi connectivity index (χ1) is 7.69. The lowest BCUT2D eigenvalue weighted by molar-refractivity contribution is 0.0588. The van der Waals surface area contributed by atoms with E-state index >= 15 is 0 Å². The van der Waals surface area contributed by atoms with Gasteiger partial charge in [-0.3, -0.25) is 0 Å². The van der Waals surface area contributed by atoms with Crippen LogP contribution < -0.4 is 5.73 Å². The van der Waals surface area contributed by atoms with Gasteiger partial charge in [0.2, 0.25) is 0 Å². The summed E-state index contributed by atoms with van der Waals surface area (Å²) in [5.41, 5.74) is 6.67. The molecule has 16 heavy (non-hydrogen) atoms. The minimum Gasteiger partial charge on any atom is -0.464 e. The predicted octanol–water partition coefficient (Wildman–Crippen LogP) is 1.02. The van der Waals surface area contributed by atoms with Gasteiger partial charge in [-0.1, -0.05) is 0 Å². The number of carbonyl (C=O) groups is 1. The maximum absolute atomic E-state index is 11.4. The Balaban J connectivity index is 2.60. The molecule has 0 amide bonds. The Morgan fingerprint density at radius 2 is 2.25 bits per heavy atom. The van der Waals surface area contributed by atoms with Gasteiger partial charge in [0.05, 0.1) is 12.8 Å². The number of esters is 1. The molecule has 0 saturated carbocycles. The number of aromatic nitrogens is 1. The van der Waals surface area contributed by atoms with Gasteiger partial charge >= 0.3 is 5.97 Å². The molecule has 0 aliphatic heterocycles. The van der Waals surface area contributed by atoms with Crippen LogP contribution in [0.5, 0.6) is 0 Å². The minimum absolute atomic E-state index is 0.206. The highest BCUT2D eigenvalue weighted by molar-refractivity contribution is 5.88. The standard InChI is InChI=1S/C11H18N2O3/c1-16-11(15)10-7-9(12)8-13(10)5-3-2-4-6-14/h7-8,14H,2-6,12H2,1H3. The number of anilines is 1. The van der Waals surface area contributed by atoms with Gasteiger partial charge in [0.25, 0.3) is 0 Å². The molecule has 1 rings (SSSR count). The average molecular weight is 226 g/mol. The molecule has 1 aromatic heterocycles. The first kappa shape index (κ1) is 12.6. The Kier molecular flexibility index (Phi) is 4.85. The van der Waals surface area contributed by atoms with Crippen molar-refractivity contribution in [2.24, 2.45) is 0 Å². The molecule has 0 aliphatic carbocycles. The van der Waals surface area contributed by atoms with E-state index in [0.717, 1.165) is 19.3 Å². The van der Waals surface area contributed by atoms with Crippen molar-refractivity contribution >= 4 is 11.7 Å². The number of unbranched alkanes of at least 4 members (excludes halogenated alkanes) is 2. The number of aryl methyl sites for hydroxylation is 1. The Labute approximate surface area is 94.8 Å². The number of methoxy groups -OCH3 is 1. The molecular formula is C11H18N2O3. The maximum Gasteiger partial charge on any atom is 0.354 e. The van der Waals surface area contributed by atoms with Crippen molar-refractivity contribution in [2.45, 2.75) is 25.8 Å². The third-order valence-corrected chi connectivity index (χ3v) is 2.37. The summed E-state index contributed by atoms with van der Waals surface area (Å²) >= 11 is 0. The van der Waals surface area contributed by atoms with E-state index < -0.39 is 0 Å². The topological polar surface area (TPSA) is 77.5 Å². The van der Waals surface area contributed by atoms with Crippen LogP contribution in [0.25, 0.3) is 0 Å². The second kappa shape index (κ2) is 6.17. The highest BCUT2D eigenvalue weighted by Gasteiger charge is 2.12. The van der Waals surface area contributed by atoms with Crippen LogP contribution in [0.3, 0.4) is 0 Å². The second-order valence-corrected chi connectivity index (χ2v) is 3.63. The van der Waals surface area contributed by atoms with Crippen LogP contribution in [0.2, 0.25) is 0 Å². The third kappa shape index (κ3) is 3.27. The molecule has 1 aromatic rings. The predicted molar refractivity (Wildman–Crippen MR) is 61.1 cm³/mol. The van der Waals surface area contributed by atoms with E-state index in [2.05, 4.69) is 4.74 Å². The number of carbonyl (C=O) groups excluding carboxylic acids is 1. The van der Waals surface area contributed by atoms with Crippen LogP contribution in [0.15, 0.2) is 12.3 Å². The van der Waals surface area contributed by atoms with E-state index in [1.165, 1.54) is 7.11 Å². The number of ether oxygens (including phenoxy) is 1. The Morgan fingerprint density at radius 1 is 1.50 bits per heavy atom. The monoisotopic (exact) mass is 226 g/mol. The summed E-state index contributed by atoms with van der Waals surface area (Å²) in [5.74, 6) is -0.376. The van der Waals surface area contributed by atoms with Crippen molar-refractivity contribution < 1.29 is 14.6 Å². The van der Waals surface area contributed by atoms with Crippen LogP contribution in [0.1, 0.15) is 29.8 Å². The molecule has 0 saturated heterocycles. The van der Waals surface area contributed by atoms with Gasteiger partial charge in [-0.05, 0) is 25.3 Å². The number of hydrogen-bond donors (Lipinski definition) is 2. The molecule has 0 fully saturated rings. The van der Waals surface area contributed by atoms with Gasteiger partial charge in [-0.2, -0.15) is 0 Å². The minimum atomic E-state index is -0.376. The molecule has 0 spiro atoms. The summed E-state index contributed by atoms with van der Waals surface area (Å²) in [5, 5.41) is 8.65. The lowest BCUT2D eigenvalue weighted by atomic mass is 10.2. The number of aliphatic hydroxyl groups excluding tert-OH is 1. The molecule has 0 atom stereocenters. The van der Waals surface area contributed by atoms with Gasteiger partial charge < -0.3 is 20.1 Å². The highest BCUT2D eigenvalue weighted by atomic mass is 16.5. The van der Waals surface area contributed by atoms with Gasteiger partial charge in [-0.15, -0.1) is 0 Å². The van der Waals surface area contributed by atoms with Gasteiger partial charge in [0.1, 0.15) is 5.69 Å². The number of rotatable bonds is 6. The van der Waals surface area contributed by atoms with Crippen molar-refractivity contribution in [3.05, 3.63) is 18.0 Å². The molecule has 3 N–H and O–H groups in total. The lowest BCUT2D eigenvalue weighted by Gasteiger charge is -2.06. The molecule has 0 aromatic carbocycles. The Morgan fingerprint density at radius 3 is 2.88 bits per heavy atom. The van der Waals surface area contributed by atoms with Gasteiger partial charge in [-0.25, -0.2) is 4.79 Å². The molecule has 0 radical (unpaired) electrons. The Bertz CT molecular complexity index is 347. The van der Waals surface area contributed by atoms with Crippen molar-refractivity contribution in [1.29, 1.82) is 0 Å².